The van der Waals surface area contributed by atoms with E-state index in [0.29, 0.717) is 11.6 Å². The van der Waals surface area contributed by atoms with Crippen molar-refractivity contribution in [2.24, 2.45) is 0 Å². The van der Waals surface area contributed by atoms with E-state index in [1.165, 1.54) is 6.92 Å². The van der Waals surface area contributed by atoms with Crippen molar-refractivity contribution >= 4 is 24.5 Å². The number of benzene rings is 2. The number of hydrogen-bond donors (Lipinski definition) is 3. The molecule has 1 fully saturated rings. The Morgan fingerprint density at radius 3 is 2.69 bits per heavy atom. The Morgan fingerprint density at radius 1 is 1.23 bits per heavy atom. The van der Waals surface area contributed by atoms with Gasteiger partial charge in [-0.25, -0.2) is 9.36 Å². The van der Waals surface area contributed by atoms with Crippen molar-refractivity contribution in [3.63, 3.8) is 0 Å². The minimum absolute atomic E-state index is 0.140. The van der Waals surface area contributed by atoms with Crippen molar-refractivity contribution < 1.29 is 37.4 Å². The second kappa shape index (κ2) is 11.8. The van der Waals surface area contributed by atoms with Crippen molar-refractivity contribution in [1.82, 2.24) is 14.6 Å². The van der Waals surface area contributed by atoms with Gasteiger partial charge in [-0.05, 0) is 32.2 Å². The van der Waals surface area contributed by atoms with E-state index in [4.69, 9.17) is 18.5 Å². The lowest BCUT2D eigenvalue weighted by Crippen LogP contribution is -2.37. The standard InChI is InChI=1S/C25H29FN3O9P/c1-14(2)36-24(32)15(3)28-39(34,38-20-10-6-8-16-7-4-5-9-17(16)20)35-13-21-19(30)11-22(37-21)29-12-18(26)23(31)27-25(29)33/h4-10,12,14-15,19,21-22,30H,11,13H2,1-3H3,(H,28,34)(H,27,31,33)/t15-,19-,21+,22+,39?/m0/s1. The molecule has 210 valence electrons. The number of carbonyl (C=O) groups excluding carboxylic acids is 1. The number of hydrogen-bond acceptors (Lipinski definition) is 9. The fraction of sp³-hybridized carbons (Fsp3) is 0.400. The molecule has 0 bridgehead atoms. The van der Waals surface area contributed by atoms with Crippen LogP contribution in [0.15, 0.2) is 58.3 Å². The number of nitrogens with one attached hydrogen (secondary N) is 2. The van der Waals surface area contributed by atoms with E-state index in [1.54, 1.807) is 38.1 Å². The maximum absolute atomic E-state index is 13.9. The highest BCUT2D eigenvalue weighted by Crippen LogP contribution is 2.47. The smallest absolute Gasteiger partial charge is 0.459 e. The average molecular weight is 565 g/mol. The quantitative estimate of drug-likeness (QED) is 0.246. The van der Waals surface area contributed by atoms with Gasteiger partial charge in [-0.1, -0.05) is 36.4 Å². The zero-order chi connectivity index (χ0) is 28.3. The predicted octanol–water partition coefficient (Wildman–Crippen LogP) is 2.61. The SMILES string of the molecule is CC(C)OC(=O)[C@H](C)NP(=O)(OC[C@H]1O[C@@H](n2cc(F)c(=O)[nH]c2=O)C[C@@H]1O)Oc1cccc2ccccc12. The molecule has 3 N–H and O–H groups in total. The van der Waals surface area contributed by atoms with Gasteiger partial charge in [-0.2, -0.15) is 9.48 Å². The molecule has 0 spiro atoms. The third-order valence-electron chi connectivity index (χ3n) is 5.87. The number of halogens is 1. The first kappa shape index (κ1) is 28.7. The van der Waals surface area contributed by atoms with Crippen molar-refractivity contribution in [3.8, 4) is 5.75 Å². The van der Waals surface area contributed by atoms with Gasteiger partial charge < -0.3 is 19.1 Å². The van der Waals surface area contributed by atoms with Gasteiger partial charge in [-0.3, -0.25) is 23.7 Å². The molecule has 0 amide bonds. The van der Waals surface area contributed by atoms with Gasteiger partial charge in [-0.15, -0.1) is 0 Å². The van der Waals surface area contributed by atoms with Crippen molar-refractivity contribution in [2.45, 2.75) is 57.8 Å². The van der Waals surface area contributed by atoms with E-state index < -0.39 is 68.0 Å². The topological polar surface area (TPSA) is 158 Å². The van der Waals surface area contributed by atoms with Crippen LogP contribution in [-0.2, 0) is 23.4 Å². The lowest BCUT2D eigenvalue weighted by atomic mass is 10.1. The van der Waals surface area contributed by atoms with Crippen LogP contribution in [-0.4, -0.2) is 51.6 Å². The molecule has 1 aromatic heterocycles. The fourth-order valence-corrected chi connectivity index (χ4v) is 5.52. The molecule has 1 aliphatic rings. The summed E-state index contributed by atoms with van der Waals surface area (Å²) in [7, 11) is -4.31. The number of carbonyl (C=O) groups is 1. The number of aliphatic hydroxyl groups is 1. The summed E-state index contributed by atoms with van der Waals surface area (Å²) in [4.78, 5) is 37.7. The average Bonchev–Trinajstić information content (AvgIpc) is 3.25. The predicted molar refractivity (Wildman–Crippen MR) is 138 cm³/mol. The van der Waals surface area contributed by atoms with Gasteiger partial charge in [0.05, 0.1) is 25.0 Å². The zero-order valence-corrected chi connectivity index (χ0v) is 22.3. The molecule has 1 saturated heterocycles. The number of H-pyrrole nitrogens is 1. The molecular formula is C25H29FN3O9P. The van der Waals surface area contributed by atoms with Crippen molar-refractivity contribution in [1.29, 1.82) is 0 Å². The molecule has 3 aromatic rings. The highest BCUT2D eigenvalue weighted by molar-refractivity contribution is 7.52. The summed E-state index contributed by atoms with van der Waals surface area (Å²) in [6.07, 6.45) is -3.31. The number of nitrogens with zero attached hydrogens (tertiary/aromatic N) is 1. The maximum Gasteiger partial charge on any atom is 0.459 e. The first-order valence-electron chi connectivity index (χ1n) is 12.2. The van der Waals surface area contributed by atoms with Crippen LogP contribution in [0.25, 0.3) is 10.8 Å². The molecular weight excluding hydrogens is 536 g/mol. The number of fused-ring (bicyclic) bond motifs is 1. The molecule has 12 nitrogen and oxygen atoms in total. The summed E-state index contributed by atoms with van der Waals surface area (Å²) >= 11 is 0. The summed E-state index contributed by atoms with van der Waals surface area (Å²) in [6, 6.07) is 11.3. The minimum Gasteiger partial charge on any atom is -0.462 e. The number of ether oxygens (including phenoxy) is 2. The first-order valence-corrected chi connectivity index (χ1v) is 13.7. The molecule has 4 rings (SSSR count). The first-order chi connectivity index (χ1) is 18.5. The van der Waals surface area contributed by atoms with Gasteiger partial charge in [0.1, 0.15) is 24.1 Å². The van der Waals surface area contributed by atoms with E-state index in [9.17, 15) is 28.4 Å². The molecule has 14 heteroatoms. The molecule has 5 atom stereocenters. The molecule has 0 saturated carbocycles. The highest BCUT2D eigenvalue weighted by Gasteiger charge is 2.40. The molecule has 39 heavy (non-hydrogen) atoms. The summed E-state index contributed by atoms with van der Waals surface area (Å²) in [5.41, 5.74) is -2.11. The Labute approximate surface area is 222 Å². The zero-order valence-electron chi connectivity index (χ0n) is 21.4. The van der Waals surface area contributed by atoms with Crippen LogP contribution >= 0.6 is 7.75 Å². The van der Waals surface area contributed by atoms with Crippen LogP contribution < -0.4 is 20.9 Å². The number of aliphatic hydroxyl groups excluding tert-OH is 1. The third kappa shape index (κ3) is 6.81. The van der Waals surface area contributed by atoms with Gasteiger partial charge in [0.15, 0.2) is 0 Å². The lowest BCUT2D eigenvalue weighted by molar-refractivity contribution is -0.149. The molecule has 0 aliphatic carbocycles. The second-order valence-corrected chi connectivity index (χ2v) is 11.0. The molecule has 0 radical (unpaired) electrons. The molecule has 1 aliphatic heterocycles. The van der Waals surface area contributed by atoms with E-state index in [-0.39, 0.29) is 12.2 Å². The monoisotopic (exact) mass is 565 g/mol. The normalized spacial score (nSPS) is 21.5. The largest absolute Gasteiger partial charge is 0.462 e. The van der Waals surface area contributed by atoms with Gasteiger partial charge in [0.25, 0.3) is 5.56 Å². The fourth-order valence-electron chi connectivity index (χ4n) is 4.00. The van der Waals surface area contributed by atoms with Gasteiger partial charge in [0.2, 0.25) is 5.82 Å². The van der Waals surface area contributed by atoms with Crippen molar-refractivity contribution in [2.75, 3.05) is 6.61 Å². The molecule has 2 heterocycles. The number of esters is 1. The Morgan fingerprint density at radius 2 is 1.95 bits per heavy atom. The number of rotatable bonds is 10. The van der Waals surface area contributed by atoms with E-state index >= 15 is 0 Å². The van der Waals surface area contributed by atoms with Crippen LogP contribution in [0.5, 0.6) is 5.75 Å². The van der Waals surface area contributed by atoms with Gasteiger partial charge >= 0.3 is 19.4 Å². The Bertz CT molecular complexity index is 1500. The Balaban J connectivity index is 1.55. The summed E-state index contributed by atoms with van der Waals surface area (Å²) in [5.74, 6) is -1.67. The van der Waals surface area contributed by atoms with Gasteiger partial charge in [0, 0.05) is 11.8 Å². The van der Waals surface area contributed by atoms with Crippen LogP contribution in [0, 0.1) is 5.82 Å². The third-order valence-corrected chi connectivity index (χ3v) is 7.50. The number of aromatic nitrogens is 2. The van der Waals surface area contributed by atoms with Crippen LogP contribution in [0.3, 0.4) is 0 Å². The highest BCUT2D eigenvalue weighted by atomic mass is 31.2. The second-order valence-electron chi connectivity index (χ2n) is 9.27. The van der Waals surface area contributed by atoms with E-state index in [0.717, 1.165) is 9.95 Å². The lowest BCUT2D eigenvalue weighted by Gasteiger charge is -2.25. The van der Waals surface area contributed by atoms with E-state index in [1.807, 2.05) is 23.2 Å². The Kier molecular flexibility index (Phi) is 8.67. The van der Waals surface area contributed by atoms with E-state index in [2.05, 4.69) is 5.09 Å². The molecule has 2 aromatic carbocycles. The van der Waals surface area contributed by atoms with Crippen LogP contribution in [0.2, 0.25) is 0 Å². The summed E-state index contributed by atoms with van der Waals surface area (Å²) in [6.45, 7) is 4.28. The Hall–Kier alpha value is -3.35. The number of aromatic amines is 1. The van der Waals surface area contributed by atoms with Crippen LogP contribution in [0.1, 0.15) is 33.4 Å². The molecule has 1 unspecified atom stereocenters. The van der Waals surface area contributed by atoms with Crippen LogP contribution in [0.4, 0.5) is 4.39 Å². The van der Waals surface area contributed by atoms with Crippen molar-refractivity contribution in [3.05, 3.63) is 75.3 Å². The maximum atomic E-state index is 13.9. The summed E-state index contributed by atoms with van der Waals surface area (Å²) < 4.78 is 50.8. The minimum atomic E-state index is -4.31. The summed E-state index contributed by atoms with van der Waals surface area (Å²) in [5, 5.41) is 14.5.